The van der Waals surface area contributed by atoms with Crippen LogP contribution in [-0.4, -0.2) is 34.3 Å². The number of hydrogen-bond donors (Lipinski definition) is 1. The maximum Gasteiger partial charge on any atom is 0.117 e. The van der Waals surface area contributed by atoms with Gasteiger partial charge in [0.25, 0.3) is 0 Å². The van der Waals surface area contributed by atoms with Crippen LogP contribution >= 0.6 is 12.4 Å². The van der Waals surface area contributed by atoms with Crippen molar-refractivity contribution in [3.63, 3.8) is 0 Å². The van der Waals surface area contributed by atoms with E-state index >= 15 is 0 Å². The van der Waals surface area contributed by atoms with E-state index in [1.165, 1.54) is 11.3 Å². The van der Waals surface area contributed by atoms with E-state index in [2.05, 4.69) is 48.6 Å². The molecule has 0 bridgehead atoms. The van der Waals surface area contributed by atoms with E-state index in [4.69, 9.17) is 4.74 Å². The van der Waals surface area contributed by atoms with Crippen molar-refractivity contribution in [3.8, 4) is 0 Å². The van der Waals surface area contributed by atoms with Crippen LogP contribution in [0.1, 0.15) is 5.56 Å². The predicted octanol–water partition coefficient (Wildman–Crippen LogP) is 1.62. The first-order chi connectivity index (χ1) is 7.18. The van der Waals surface area contributed by atoms with Gasteiger partial charge in [-0.3, -0.25) is 0 Å². The van der Waals surface area contributed by atoms with Gasteiger partial charge in [0.05, 0.1) is 0 Å². The molecule has 0 atom stereocenters. The fraction of sp³-hybridized carbons (Fsp3) is 0.500. The topological polar surface area (TPSA) is 24.5 Å². The molecule has 1 aromatic carbocycles. The number of ether oxygens (including phenoxy) is 1. The predicted molar refractivity (Wildman–Crippen MR) is 69.6 cm³/mol. The molecule has 2 rings (SSSR count). The lowest BCUT2D eigenvalue weighted by atomic mass is 9.87. The van der Waals surface area contributed by atoms with Gasteiger partial charge in [-0.15, -0.1) is 12.4 Å². The highest BCUT2D eigenvalue weighted by atomic mass is 35.5. The number of halogens is 1. The number of hydrogen-bond acceptors (Lipinski definition) is 3. The normalized spacial score (nSPS) is 17.2. The zero-order valence-corrected chi connectivity index (χ0v) is 10.8. The molecule has 0 saturated carbocycles. The number of benzene rings is 1. The van der Waals surface area contributed by atoms with Gasteiger partial charge in [-0.25, -0.2) is 0 Å². The molecule has 1 N–H and O–H groups in total. The molecule has 1 aliphatic rings. The lowest BCUT2D eigenvalue weighted by Crippen LogP contribution is -2.57. The second-order valence-corrected chi connectivity index (χ2v) is 4.25. The Labute approximate surface area is 103 Å². The lowest BCUT2D eigenvalue weighted by Gasteiger charge is -2.42. The van der Waals surface area contributed by atoms with Crippen LogP contribution in [-0.2, 0) is 10.3 Å². The van der Waals surface area contributed by atoms with Crippen molar-refractivity contribution in [2.24, 2.45) is 0 Å². The molecule has 0 spiro atoms. The third-order valence-corrected chi connectivity index (χ3v) is 3.10. The molecule has 1 aromatic rings. The molecule has 4 heteroatoms. The zero-order valence-electron chi connectivity index (χ0n) is 9.99. The molecule has 1 aliphatic heterocycles. The molecular weight excluding hydrogens is 224 g/mol. The minimum Gasteiger partial charge on any atom is -0.378 e. The highest BCUT2D eigenvalue weighted by Crippen LogP contribution is 2.31. The summed E-state index contributed by atoms with van der Waals surface area (Å²) < 4.78 is 5.61. The quantitative estimate of drug-likeness (QED) is 0.872. The van der Waals surface area contributed by atoms with Crippen molar-refractivity contribution < 1.29 is 4.74 Å². The van der Waals surface area contributed by atoms with Gasteiger partial charge >= 0.3 is 0 Å². The highest BCUT2D eigenvalue weighted by molar-refractivity contribution is 5.85. The number of nitrogens with zero attached hydrogens (tertiary/aromatic N) is 1. The summed E-state index contributed by atoms with van der Waals surface area (Å²) in [5, 5.41) is 3.26. The average molecular weight is 243 g/mol. The van der Waals surface area contributed by atoms with Gasteiger partial charge in [0.1, 0.15) is 5.60 Å². The Morgan fingerprint density at radius 3 is 2.44 bits per heavy atom. The van der Waals surface area contributed by atoms with Crippen molar-refractivity contribution in [3.05, 3.63) is 29.8 Å². The molecule has 90 valence electrons. The van der Waals surface area contributed by atoms with E-state index in [-0.39, 0.29) is 18.0 Å². The summed E-state index contributed by atoms with van der Waals surface area (Å²) in [6, 6.07) is 8.53. The molecule has 1 saturated heterocycles. The smallest absolute Gasteiger partial charge is 0.117 e. The Kier molecular flexibility index (Phi) is 4.19. The minimum atomic E-state index is -0.105. The first kappa shape index (κ1) is 13.3. The number of methoxy groups -OCH3 is 1. The average Bonchev–Trinajstić information content (AvgIpc) is 2.17. The second-order valence-electron chi connectivity index (χ2n) is 4.25. The fourth-order valence-electron chi connectivity index (χ4n) is 1.89. The van der Waals surface area contributed by atoms with Gasteiger partial charge in [0, 0.05) is 40.0 Å². The van der Waals surface area contributed by atoms with Crippen LogP contribution in [0.2, 0.25) is 0 Å². The molecule has 3 nitrogen and oxygen atoms in total. The van der Waals surface area contributed by atoms with Crippen molar-refractivity contribution in [1.29, 1.82) is 0 Å². The molecule has 0 amide bonds. The van der Waals surface area contributed by atoms with Gasteiger partial charge in [0.15, 0.2) is 0 Å². The summed E-state index contributed by atoms with van der Waals surface area (Å²) in [7, 11) is 5.89. The third-order valence-electron chi connectivity index (χ3n) is 3.10. The summed E-state index contributed by atoms with van der Waals surface area (Å²) in [5.74, 6) is 0. The first-order valence-corrected chi connectivity index (χ1v) is 5.22. The fourth-order valence-corrected chi connectivity index (χ4v) is 1.89. The van der Waals surface area contributed by atoms with Gasteiger partial charge in [0.2, 0.25) is 0 Å². The number of nitrogens with one attached hydrogen (secondary N) is 1. The van der Waals surface area contributed by atoms with Gasteiger partial charge in [-0.2, -0.15) is 0 Å². The van der Waals surface area contributed by atoms with E-state index in [1.54, 1.807) is 7.11 Å². The van der Waals surface area contributed by atoms with E-state index in [9.17, 15) is 0 Å². The van der Waals surface area contributed by atoms with Crippen LogP contribution in [0.5, 0.6) is 0 Å². The summed E-state index contributed by atoms with van der Waals surface area (Å²) in [5.41, 5.74) is 2.37. The standard InChI is InChI=1S/C12H18N2O.ClH/c1-14(2)11-6-4-5-10(7-11)12(15-3)8-13-9-12;/h4-7,13H,8-9H2,1-3H3;1H. The van der Waals surface area contributed by atoms with Crippen molar-refractivity contribution in [2.75, 3.05) is 39.2 Å². The number of anilines is 1. The second kappa shape index (κ2) is 5.04. The zero-order chi connectivity index (χ0) is 10.9. The maximum absolute atomic E-state index is 5.61. The molecule has 1 heterocycles. The van der Waals surface area contributed by atoms with E-state index in [0.29, 0.717) is 0 Å². The largest absolute Gasteiger partial charge is 0.378 e. The SMILES string of the molecule is COC1(c2cccc(N(C)C)c2)CNC1.Cl. The molecule has 16 heavy (non-hydrogen) atoms. The van der Waals surface area contributed by atoms with Gasteiger partial charge in [-0.05, 0) is 17.7 Å². The maximum atomic E-state index is 5.61. The van der Waals surface area contributed by atoms with Crippen molar-refractivity contribution >= 4 is 18.1 Å². The van der Waals surface area contributed by atoms with E-state index in [0.717, 1.165) is 13.1 Å². The summed E-state index contributed by atoms with van der Waals surface area (Å²) in [6.45, 7) is 1.81. The van der Waals surface area contributed by atoms with Crippen LogP contribution < -0.4 is 10.2 Å². The van der Waals surface area contributed by atoms with E-state index in [1.807, 2.05) is 0 Å². The van der Waals surface area contributed by atoms with Crippen LogP contribution in [0.15, 0.2) is 24.3 Å². The van der Waals surface area contributed by atoms with Crippen molar-refractivity contribution in [1.82, 2.24) is 5.32 Å². The summed E-state index contributed by atoms with van der Waals surface area (Å²) >= 11 is 0. The monoisotopic (exact) mass is 242 g/mol. The van der Waals surface area contributed by atoms with E-state index < -0.39 is 0 Å². The van der Waals surface area contributed by atoms with Crippen LogP contribution in [0.4, 0.5) is 5.69 Å². The van der Waals surface area contributed by atoms with Crippen LogP contribution in [0.25, 0.3) is 0 Å². The Balaban J connectivity index is 0.00000128. The summed E-state index contributed by atoms with van der Waals surface area (Å²) in [6.07, 6.45) is 0. The minimum absolute atomic E-state index is 0. The Bertz CT molecular complexity index is 345. The molecular formula is C12H19ClN2O. The molecule has 0 aromatic heterocycles. The molecule has 0 aliphatic carbocycles. The van der Waals surface area contributed by atoms with Crippen molar-refractivity contribution in [2.45, 2.75) is 5.60 Å². The Morgan fingerprint density at radius 2 is 2.00 bits per heavy atom. The molecule has 0 radical (unpaired) electrons. The van der Waals surface area contributed by atoms with Crippen LogP contribution in [0.3, 0.4) is 0 Å². The van der Waals surface area contributed by atoms with Gasteiger partial charge in [-0.1, -0.05) is 12.1 Å². The van der Waals surface area contributed by atoms with Gasteiger partial charge < -0.3 is 15.0 Å². The Hall–Kier alpha value is -0.770. The number of rotatable bonds is 3. The third kappa shape index (κ3) is 2.17. The first-order valence-electron chi connectivity index (χ1n) is 5.22. The molecule has 0 unspecified atom stereocenters. The lowest BCUT2D eigenvalue weighted by molar-refractivity contribution is -0.0564. The highest BCUT2D eigenvalue weighted by Gasteiger charge is 2.38. The molecule has 1 fully saturated rings. The van der Waals surface area contributed by atoms with Crippen LogP contribution in [0, 0.1) is 0 Å². The Morgan fingerprint density at radius 1 is 1.31 bits per heavy atom. The summed E-state index contributed by atoms with van der Waals surface area (Å²) in [4.78, 5) is 2.11.